The molecule has 1 atom stereocenters. The molecule has 1 unspecified atom stereocenters. The Balaban J connectivity index is 1.32. The van der Waals surface area contributed by atoms with Gasteiger partial charge in [0.1, 0.15) is 5.75 Å². The molecule has 1 aliphatic rings. The molecule has 1 aromatic carbocycles. The number of aliphatic carboxylic acids is 1. The van der Waals surface area contributed by atoms with Crippen LogP contribution in [0, 0.1) is 0 Å². The molecule has 35 heavy (non-hydrogen) atoms. The normalized spacial score (nSPS) is 14.0. The molecule has 180 valence electrons. The van der Waals surface area contributed by atoms with Crippen LogP contribution < -0.4 is 10.5 Å². The Morgan fingerprint density at radius 2 is 2.00 bits per heavy atom. The number of nitrogens with zero attached hydrogens (tertiary/aromatic N) is 4. The zero-order valence-electron chi connectivity index (χ0n) is 19.6. The molecule has 3 heterocycles. The van der Waals surface area contributed by atoms with Crippen molar-refractivity contribution >= 4 is 16.9 Å². The zero-order chi connectivity index (χ0) is 24.2. The largest absolute Gasteiger partial charge is 0.493 e. The predicted molar refractivity (Wildman–Crippen MR) is 132 cm³/mol. The fourth-order valence-electron chi connectivity index (χ4n) is 4.72. The number of benzene rings is 1. The van der Waals surface area contributed by atoms with E-state index in [4.69, 9.17) is 15.5 Å². The van der Waals surface area contributed by atoms with Gasteiger partial charge in [0.15, 0.2) is 0 Å². The van der Waals surface area contributed by atoms with Gasteiger partial charge in [-0.2, -0.15) is 5.10 Å². The van der Waals surface area contributed by atoms with E-state index in [1.165, 1.54) is 24.1 Å². The van der Waals surface area contributed by atoms with Crippen LogP contribution in [0.25, 0.3) is 10.9 Å². The molecule has 8 heteroatoms. The van der Waals surface area contributed by atoms with Crippen molar-refractivity contribution in [2.45, 2.75) is 51.1 Å². The molecule has 3 aromatic heterocycles. The van der Waals surface area contributed by atoms with Gasteiger partial charge in [0.2, 0.25) is 0 Å². The van der Waals surface area contributed by atoms with Crippen molar-refractivity contribution in [1.82, 2.24) is 19.7 Å². The molecule has 0 saturated carbocycles. The number of hydrogen-bond donors (Lipinski definition) is 2. The minimum atomic E-state index is -0.910. The van der Waals surface area contributed by atoms with Gasteiger partial charge in [-0.15, -0.1) is 0 Å². The number of nitrogens with two attached hydrogens (primary N) is 1. The number of carboxylic acids is 1. The van der Waals surface area contributed by atoms with E-state index < -0.39 is 12.0 Å². The summed E-state index contributed by atoms with van der Waals surface area (Å²) >= 11 is 0. The first kappa shape index (κ1) is 23.0. The number of ether oxygens (including phenoxy) is 1. The first-order chi connectivity index (χ1) is 17.1. The van der Waals surface area contributed by atoms with Gasteiger partial charge in [-0.25, -0.2) is 0 Å². The van der Waals surface area contributed by atoms with Gasteiger partial charge in [-0.3, -0.25) is 19.4 Å². The van der Waals surface area contributed by atoms with Gasteiger partial charge in [0, 0.05) is 42.1 Å². The lowest BCUT2D eigenvalue weighted by Crippen LogP contribution is -2.17. The second-order valence-electron chi connectivity index (χ2n) is 8.97. The summed E-state index contributed by atoms with van der Waals surface area (Å²) in [6, 6.07) is 11.5. The molecular formula is C27H29N5O3. The number of pyridine rings is 2. The summed E-state index contributed by atoms with van der Waals surface area (Å²) < 4.78 is 7.75. The van der Waals surface area contributed by atoms with Gasteiger partial charge in [0.05, 0.1) is 30.8 Å². The van der Waals surface area contributed by atoms with E-state index in [0.717, 1.165) is 52.7 Å². The van der Waals surface area contributed by atoms with Crippen LogP contribution in [0.1, 0.15) is 53.4 Å². The van der Waals surface area contributed by atoms with E-state index >= 15 is 0 Å². The van der Waals surface area contributed by atoms with Crippen molar-refractivity contribution < 1.29 is 14.6 Å². The molecular weight excluding hydrogens is 442 g/mol. The second kappa shape index (κ2) is 10.2. The van der Waals surface area contributed by atoms with Crippen LogP contribution in [0.5, 0.6) is 5.75 Å². The number of aromatic nitrogens is 4. The highest BCUT2D eigenvalue weighted by atomic mass is 16.5. The Kier molecular flexibility index (Phi) is 6.72. The third kappa shape index (κ3) is 5.17. The zero-order valence-corrected chi connectivity index (χ0v) is 19.6. The Hall–Kier alpha value is -3.78. The lowest BCUT2D eigenvalue weighted by atomic mass is 9.96. The van der Waals surface area contributed by atoms with Crippen molar-refractivity contribution in [1.29, 1.82) is 0 Å². The van der Waals surface area contributed by atoms with Crippen LogP contribution in [-0.2, 0) is 30.6 Å². The molecule has 5 rings (SSSR count). The van der Waals surface area contributed by atoms with Crippen molar-refractivity contribution in [3.63, 3.8) is 0 Å². The molecule has 3 N–H and O–H groups in total. The maximum absolute atomic E-state index is 11.6. The maximum Gasteiger partial charge on any atom is 0.305 e. The summed E-state index contributed by atoms with van der Waals surface area (Å²) in [6.45, 7) is 0.868. The average Bonchev–Trinajstić information content (AvgIpc) is 3.30. The smallest absolute Gasteiger partial charge is 0.305 e. The molecule has 0 amide bonds. The minimum Gasteiger partial charge on any atom is -0.493 e. The Morgan fingerprint density at radius 1 is 1.11 bits per heavy atom. The molecule has 0 fully saturated rings. The number of rotatable bonds is 9. The Labute approximate surface area is 203 Å². The third-order valence-electron chi connectivity index (χ3n) is 6.53. The van der Waals surface area contributed by atoms with Crippen LogP contribution in [-0.4, -0.2) is 37.4 Å². The third-order valence-corrected chi connectivity index (χ3v) is 6.53. The SMILES string of the molecule is NCc1cncc(C(CC(=O)O)n2ncc3cc(OCCc4ccc5c(n4)CCCC5)ccc32)c1. The van der Waals surface area contributed by atoms with Crippen LogP contribution >= 0.6 is 0 Å². The highest BCUT2D eigenvalue weighted by Crippen LogP contribution is 2.29. The van der Waals surface area contributed by atoms with Crippen LogP contribution in [0.3, 0.4) is 0 Å². The number of carbonyl (C=O) groups is 1. The van der Waals surface area contributed by atoms with E-state index in [1.54, 1.807) is 23.3 Å². The molecule has 4 aromatic rings. The standard InChI is InChI=1S/C27H29N5O3/c28-14-18-11-20(16-29-15-18)26(13-27(33)34)32-25-8-7-23(12-21(25)17-30-32)35-10-9-22-6-5-19-3-1-2-4-24(19)31-22/h5-8,11-12,15-17,26H,1-4,9-10,13-14,28H2,(H,33,34). The first-order valence-electron chi connectivity index (χ1n) is 12.0. The fraction of sp³-hybridized carbons (Fsp3) is 0.333. The van der Waals surface area contributed by atoms with Crippen LogP contribution in [0.4, 0.5) is 0 Å². The van der Waals surface area contributed by atoms with E-state index in [-0.39, 0.29) is 6.42 Å². The van der Waals surface area contributed by atoms with E-state index in [0.29, 0.717) is 13.2 Å². The molecule has 8 nitrogen and oxygen atoms in total. The number of carboxylic acid groups (broad SMARTS) is 1. The average molecular weight is 472 g/mol. The van der Waals surface area contributed by atoms with Gasteiger partial charge < -0.3 is 15.6 Å². The first-order valence-corrected chi connectivity index (χ1v) is 12.0. The summed E-state index contributed by atoms with van der Waals surface area (Å²) in [4.78, 5) is 20.7. The molecule has 0 saturated heterocycles. The quantitative estimate of drug-likeness (QED) is 0.381. The van der Waals surface area contributed by atoms with Crippen molar-refractivity contribution in [2.75, 3.05) is 6.61 Å². The van der Waals surface area contributed by atoms with E-state index in [9.17, 15) is 9.90 Å². The Morgan fingerprint density at radius 3 is 2.86 bits per heavy atom. The number of hydrogen-bond acceptors (Lipinski definition) is 6. The van der Waals surface area contributed by atoms with Crippen LogP contribution in [0.15, 0.2) is 55.0 Å². The summed E-state index contributed by atoms with van der Waals surface area (Å²) in [5, 5.41) is 14.9. The lowest BCUT2D eigenvalue weighted by molar-refractivity contribution is -0.137. The van der Waals surface area contributed by atoms with Crippen LogP contribution in [0.2, 0.25) is 0 Å². The highest BCUT2D eigenvalue weighted by Gasteiger charge is 2.21. The van der Waals surface area contributed by atoms with Crippen molar-refractivity contribution in [2.24, 2.45) is 5.73 Å². The summed E-state index contributed by atoms with van der Waals surface area (Å²) in [6.07, 6.45) is 10.4. The van der Waals surface area contributed by atoms with Gasteiger partial charge in [-0.1, -0.05) is 6.07 Å². The maximum atomic E-state index is 11.6. The fourth-order valence-corrected chi connectivity index (χ4v) is 4.72. The molecule has 0 spiro atoms. The van der Waals surface area contributed by atoms with Gasteiger partial charge in [-0.05, 0) is 72.7 Å². The van der Waals surface area contributed by atoms with Crippen molar-refractivity contribution in [3.8, 4) is 5.75 Å². The summed E-state index contributed by atoms with van der Waals surface area (Å²) in [5.74, 6) is -0.163. The van der Waals surface area contributed by atoms with E-state index in [2.05, 4.69) is 22.2 Å². The monoisotopic (exact) mass is 471 g/mol. The number of fused-ring (bicyclic) bond motifs is 2. The molecule has 0 aliphatic heterocycles. The summed E-state index contributed by atoms with van der Waals surface area (Å²) in [5.41, 5.74) is 11.9. The van der Waals surface area contributed by atoms with E-state index in [1.807, 2.05) is 24.3 Å². The predicted octanol–water partition coefficient (Wildman–Crippen LogP) is 3.85. The molecule has 1 aliphatic carbocycles. The van der Waals surface area contributed by atoms with Gasteiger partial charge >= 0.3 is 5.97 Å². The molecule has 0 radical (unpaired) electrons. The highest BCUT2D eigenvalue weighted by molar-refractivity contribution is 5.81. The molecule has 0 bridgehead atoms. The van der Waals surface area contributed by atoms with Crippen molar-refractivity contribution in [3.05, 3.63) is 83.1 Å². The lowest BCUT2D eigenvalue weighted by Gasteiger charge is -2.18. The second-order valence-corrected chi connectivity index (χ2v) is 8.97. The number of aryl methyl sites for hydroxylation is 2. The topological polar surface area (TPSA) is 116 Å². The summed E-state index contributed by atoms with van der Waals surface area (Å²) in [7, 11) is 0. The Bertz CT molecular complexity index is 1350. The minimum absolute atomic E-state index is 0.113. The van der Waals surface area contributed by atoms with Gasteiger partial charge in [0.25, 0.3) is 0 Å².